The number of allylic oxidation sites excluding steroid dienone is 2. The molecule has 2 aromatic rings. The third-order valence-corrected chi connectivity index (χ3v) is 6.07. The van der Waals surface area contributed by atoms with Gasteiger partial charge in [-0.25, -0.2) is 4.79 Å². The number of carboxylic acids is 1. The van der Waals surface area contributed by atoms with Gasteiger partial charge < -0.3 is 20.0 Å². The number of carbonyl (C=O) groups excluding carboxylic acids is 3. The van der Waals surface area contributed by atoms with Crippen molar-refractivity contribution in [2.75, 3.05) is 12.4 Å². The van der Waals surface area contributed by atoms with Crippen molar-refractivity contribution in [3.63, 3.8) is 0 Å². The number of carboxylic acid groups (broad SMARTS) is 1. The van der Waals surface area contributed by atoms with E-state index in [4.69, 9.17) is 4.74 Å². The molecule has 1 amide bonds. The topological polar surface area (TPSA) is 95.5 Å². The molecule has 8 heteroatoms. The summed E-state index contributed by atoms with van der Waals surface area (Å²) >= 11 is 2.69. The average Bonchev–Trinajstić information content (AvgIpc) is 3.30. The molecule has 0 fully saturated rings. The molecule has 0 saturated carbocycles. The molecule has 2 aromatic heterocycles. The molecular formula is C18H16NO5S2-. The lowest BCUT2D eigenvalue weighted by Crippen LogP contribution is -2.41. The Morgan fingerprint density at radius 3 is 2.54 bits per heavy atom. The molecule has 0 spiro atoms. The Morgan fingerprint density at radius 2 is 1.92 bits per heavy atom. The fourth-order valence-corrected chi connectivity index (χ4v) is 4.71. The predicted molar refractivity (Wildman–Crippen MR) is 98.0 cm³/mol. The van der Waals surface area contributed by atoms with E-state index in [2.05, 4.69) is 5.32 Å². The molecule has 6 nitrogen and oxygen atoms in total. The van der Waals surface area contributed by atoms with Crippen molar-refractivity contribution >= 4 is 45.5 Å². The fourth-order valence-electron chi connectivity index (χ4n) is 2.94. The second-order valence-corrected chi connectivity index (χ2v) is 7.61. The van der Waals surface area contributed by atoms with Crippen LogP contribution in [0.5, 0.6) is 0 Å². The molecule has 2 atom stereocenters. The summed E-state index contributed by atoms with van der Waals surface area (Å²) in [6.45, 7) is 0. The van der Waals surface area contributed by atoms with Gasteiger partial charge in [0.05, 0.1) is 13.0 Å². The first-order chi connectivity index (χ1) is 12.5. The van der Waals surface area contributed by atoms with Crippen LogP contribution in [-0.2, 0) is 14.3 Å². The lowest BCUT2D eigenvalue weighted by atomic mass is 9.82. The van der Waals surface area contributed by atoms with Crippen LogP contribution >= 0.6 is 22.7 Å². The van der Waals surface area contributed by atoms with Crippen LogP contribution < -0.4 is 10.4 Å². The van der Waals surface area contributed by atoms with E-state index >= 15 is 0 Å². The summed E-state index contributed by atoms with van der Waals surface area (Å²) in [5.74, 6) is -3.84. The van der Waals surface area contributed by atoms with Crippen molar-refractivity contribution in [2.45, 2.75) is 12.8 Å². The van der Waals surface area contributed by atoms with Crippen LogP contribution in [0.25, 0.3) is 10.4 Å². The largest absolute Gasteiger partial charge is 0.550 e. The Bertz CT molecular complexity index is 853. The molecule has 1 aliphatic rings. The van der Waals surface area contributed by atoms with Crippen molar-refractivity contribution in [2.24, 2.45) is 11.8 Å². The molecule has 0 radical (unpaired) electrons. The molecule has 136 valence electrons. The molecule has 0 saturated heterocycles. The number of rotatable bonds is 5. The van der Waals surface area contributed by atoms with Crippen LogP contribution in [0.1, 0.15) is 23.2 Å². The van der Waals surface area contributed by atoms with E-state index in [9.17, 15) is 19.5 Å². The van der Waals surface area contributed by atoms with Gasteiger partial charge in [0.2, 0.25) is 5.91 Å². The summed E-state index contributed by atoms with van der Waals surface area (Å²) in [5, 5.41) is 18.1. The summed E-state index contributed by atoms with van der Waals surface area (Å²) in [4.78, 5) is 37.1. The van der Waals surface area contributed by atoms with Gasteiger partial charge in [-0.1, -0.05) is 18.2 Å². The van der Waals surface area contributed by atoms with Gasteiger partial charge in [0.25, 0.3) is 0 Å². The number of ether oxygens (including phenoxy) is 1. The van der Waals surface area contributed by atoms with Crippen LogP contribution in [0, 0.1) is 11.8 Å². The number of esters is 1. The number of aliphatic carboxylic acids is 1. The van der Waals surface area contributed by atoms with Gasteiger partial charge >= 0.3 is 5.97 Å². The molecule has 1 N–H and O–H groups in total. The SMILES string of the molecule is COC(=O)c1c(-c2cccs2)csc1NC(=O)[C@H]1CC=CC[C@@H]1C(=O)[O-]. The number of nitrogens with one attached hydrogen (secondary N) is 1. The van der Waals surface area contributed by atoms with Gasteiger partial charge in [-0.05, 0) is 24.3 Å². The van der Waals surface area contributed by atoms with Crippen molar-refractivity contribution in [3.8, 4) is 10.4 Å². The maximum atomic E-state index is 12.7. The quantitative estimate of drug-likeness (QED) is 0.625. The average molecular weight is 390 g/mol. The summed E-state index contributed by atoms with van der Waals surface area (Å²) in [7, 11) is 1.28. The van der Waals surface area contributed by atoms with E-state index in [0.717, 1.165) is 4.88 Å². The highest BCUT2D eigenvalue weighted by atomic mass is 32.1. The second kappa shape index (κ2) is 7.84. The third-order valence-electron chi connectivity index (χ3n) is 4.28. The highest BCUT2D eigenvalue weighted by Gasteiger charge is 2.31. The van der Waals surface area contributed by atoms with Gasteiger partial charge in [0, 0.05) is 27.7 Å². The molecule has 3 rings (SSSR count). The van der Waals surface area contributed by atoms with Crippen LogP contribution in [0.3, 0.4) is 0 Å². The van der Waals surface area contributed by atoms with Crippen molar-refractivity contribution in [3.05, 3.63) is 40.6 Å². The number of hydrogen-bond donors (Lipinski definition) is 1. The normalized spacial score (nSPS) is 19.1. The van der Waals surface area contributed by atoms with Crippen LogP contribution in [-0.4, -0.2) is 25.0 Å². The van der Waals surface area contributed by atoms with E-state index in [1.54, 1.807) is 17.5 Å². The molecule has 0 bridgehead atoms. The number of thiophene rings is 2. The number of amides is 1. The predicted octanol–water partition coefficient (Wildman–Crippen LogP) is 2.53. The highest BCUT2D eigenvalue weighted by Crippen LogP contribution is 2.39. The fraction of sp³-hybridized carbons (Fsp3) is 0.278. The second-order valence-electron chi connectivity index (χ2n) is 5.79. The summed E-state index contributed by atoms with van der Waals surface area (Å²) in [6, 6.07) is 3.75. The van der Waals surface area contributed by atoms with E-state index in [0.29, 0.717) is 17.0 Å². The number of anilines is 1. The Balaban J connectivity index is 1.90. The zero-order chi connectivity index (χ0) is 18.7. The van der Waals surface area contributed by atoms with E-state index in [-0.39, 0.29) is 12.0 Å². The third kappa shape index (κ3) is 3.56. The van der Waals surface area contributed by atoms with Crippen LogP contribution in [0.15, 0.2) is 35.0 Å². The summed E-state index contributed by atoms with van der Waals surface area (Å²) in [5.41, 5.74) is 0.969. The first-order valence-electron chi connectivity index (χ1n) is 7.93. The van der Waals surface area contributed by atoms with E-state index < -0.39 is 29.7 Å². The zero-order valence-electron chi connectivity index (χ0n) is 13.9. The maximum absolute atomic E-state index is 12.7. The Kier molecular flexibility index (Phi) is 5.53. The van der Waals surface area contributed by atoms with Crippen LogP contribution in [0.2, 0.25) is 0 Å². The molecule has 0 aromatic carbocycles. The highest BCUT2D eigenvalue weighted by molar-refractivity contribution is 7.17. The van der Waals surface area contributed by atoms with E-state index in [1.165, 1.54) is 29.8 Å². The number of methoxy groups -OCH3 is 1. The van der Waals surface area contributed by atoms with Gasteiger partial charge in [-0.2, -0.15) is 0 Å². The maximum Gasteiger partial charge on any atom is 0.341 e. The lowest BCUT2D eigenvalue weighted by molar-refractivity contribution is -0.313. The number of carbonyl (C=O) groups is 3. The van der Waals surface area contributed by atoms with Gasteiger partial charge in [0.15, 0.2) is 0 Å². The standard InChI is InChI=1S/C18H17NO5S2/c1-24-18(23)14-12(13-7-4-8-25-13)9-26-16(14)19-15(20)10-5-2-3-6-11(10)17(21)22/h2-4,7-11H,5-6H2,1H3,(H,19,20)(H,21,22)/p-1/t10-,11-/m0/s1. The molecule has 2 heterocycles. The smallest absolute Gasteiger partial charge is 0.341 e. The Hall–Kier alpha value is -2.45. The minimum Gasteiger partial charge on any atom is -0.550 e. The van der Waals surface area contributed by atoms with Gasteiger partial charge in [-0.15, -0.1) is 22.7 Å². The van der Waals surface area contributed by atoms with Crippen molar-refractivity contribution < 1.29 is 24.2 Å². The minimum absolute atomic E-state index is 0.259. The lowest BCUT2D eigenvalue weighted by Gasteiger charge is -2.28. The molecule has 1 aliphatic carbocycles. The summed E-state index contributed by atoms with van der Waals surface area (Å²) < 4.78 is 4.87. The molecular weight excluding hydrogens is 374 g/mol. The summed E-state index contributed by atoms with van der Waals surface area (Å²) in [6.07, 6.45) is 4.11. The minimum atomic E-state index is -1.24. The van der Waals surface area contributed by atoms with Crippen molar-refractivity contribution in [1.82, 2.24) is 0 Å². The molecule has 0 aliphatic heterocycles. The van der Waals surface area contributed by atoms with Gasteiger partial charge in [-0.3, -0.25) is 4.79 Å². The Morgan fingerprint density at radius 1 is 1.19 bits per heavy atom. The monoisotopic (exact) mass is 390 g/mol. The number of hydrogen-bond acceptors (Lipinski definition) is 7. The molecule has 0 unspecified atom stereocenters. The van der Waals surface area contributed by atoms with Gasteiger partial charge in [0.1, 0.15) is 10.6 Å². The van der Waals surface area contributed by atoms with Crippen molar-refractivity contribution in [1.29, 1.82) is 0 Å². The Labute approximate surface area is 158 Å². The van der Waals surface area contributed by atoms with E-state index in [1.807, 2.05) is 17.5 Å². The van der Waals surface area contributed by atoms with Crippen LogP contribution in [0.4, 0.5) is 5.00 Å². The first-order valence-corrected chi connectivity index (χ1v) is 9.69. The molecule has 26 heavy (non-hydrogen) atoms. The zero-order valence-corrected chi connectivity index (χ0v) is 15.5. The first kappa shape index (κ1) is 18.3.